The molecule has 0 amide bonds. The van der Waals surface area contributed by atoms with E-state index in [9.17, 15) is 0 Å². The van der Waals surface area contributed by atoms with Crippen LogP contribution < -0.4 is 9.47 Å². The first-order chi connectivity index (χ1) is 11.7. The molecule has 2 unspecified atom stereocenters. The summed E-state index contributed by atoms with van der Waals surface area (Å²) >= 11 is 0. The van der Waals surface area contributed by atoms with Crippen molar-refractivity contribution < 1.29 is 14.0 Å². The first kappa shape index (κ1) is 16.6. The quantitative estimate of drug-likeness (QED) is 0.417. The average molecular weight is 324 g/mol. The minimum Gasteiger partial charge on any atom is -0.497 e. The van der Waals surface area contributed by atoms with Crippen molar-refractivity contribution in [2.45, 2.75) is 19.0 Å². The molecular weight excluding hydrogens is 298 g/mol. The lowest BCUT2D eigenvalue weighted by Crippen LogP contribution is -2.29. The molecule has 24 heavy (non-hydrogen) atoms. The van der Waals surface area contributed by atoms with Crippen LogP contribution in [0.3, 0.4) is 0 Å². The molecule has 1 heterocycles. The summed E-state index contributed by atoms with van der Waals surface area (Å²) in [5.41, 5.74) is 2.64. The van der Waals surface area contributed by atoms with E-state index < -0.39 is 0 Å². The van der Waals surface area contributed by atoms with Gasteiger partial charge in [0.2, 0.25) is 0 Å². The molecule has 0 radical (unpaired) electrons. The molecule has 0 bridgehead atoms. The first-order valence-corrected chi connectivity index (χ1v) is 8.42. The molecule has 2 aromatic carbocycles. The maximum absolute atomic E-state index is 5.58. The second kappa shape index (κ2) is 7.10. The Kier molecular flexibility index (Phi) is 4.91. The maximum atomic E-state index is 5.58. The largest absolute Gasteiger partial charge is 0.497 e. The lowest BCUT2D eigenvalue weighted by Gasteiger charge is -2.21. The van der Waals surface area contributed by atoms with Gasteiger partial charge >= 0.3 is 0 Å². The zero-order valence-corrected chi connectivity index (χ0v) is 14.6. The molecule has 126 valence electrons. The van der Waals surface area contributed by atoms with Crippen molar-refractivity contribution in [3.8, 4) is 11.5 Å². The van der Waals surface area contributed by atoms with Gasteiger partial charge in [-0.1, -0.05) is 36.9 Å². The summed E-state index contributed by atoms with van der Waals surface area (Å²) < 4.78 is 11.9. The van der Waals surface area contributed by atoms with Gasteiger partial charge in [0, 0.05) is 18.1 Å². The first-order valence-electron chi connectivity index (χ1n) is 8.42. The Hall–Kier alpha value is -2.26. The van der Waals surface area contributed by atoms with E-state index >= 15 is 0 Å². The van der Waals surface area contributed by atoms with Crippen molar-refractivity contribution >= 4 is 0 Å². The van der Waals surface area contributed by atoms with Crippen molar-refractivity contribution in [2.75, 3.05) is 27.3 Å². The monoisotopic (exact) mass is 324 g/mol. The molecule has 2 atom stereocenters. The molecule has 3 nitrogen and oxygen atoms in total. The lowest BCUT2D eigenvalue weighted by atomic mass is 10.1. The second-order valence-corrected chi connectivity index (χ2v) is 6.55. The zero-order chi connectivity index (χ0) is 17.0. The highest BCUT2D eigenvalue weighted by Gasteiger charge is 2.53. The minimum atomic E-state index is 0.650. The molecule has 3 heteroatoms. The van der Waals surface area contributed by atoms with E-state index in [0.717, 1.165) is 35.5 Å². The van der Waals surface area contributed by atoms with Crippen molar-refractivity contribution in [3.05, 3.63) is 72.3 Å². The van der Waals surface area contributed by atoms with Crippen LogP contribution >= 0.6 is 0 Å². The summed E-state index contributed by atoms with van der Waals surface area (Å²) in [4.78, 5) is 0. The third-order valence-electron chi connectivity index (χ3n) is 5.00. The van der Waals surface area contributed by atoms with Gasteiger partial charge in [-0.25, -0.2) is 0 Å². The molecule has 0 N–H and O–H groups in total. The Morgan fingerprint density at radius 2 is 1.92 bits per heavy atom. The Morgan fingerprint density at radius 3 is 2.58 bits per heavy atom. The van der Waals surface area contributed by atoms with E-state index in [1.807, 2.05) is 18.2 Å². The SMILES string of the molecule is C=CC[N+]1(Cc2ccc(OC)cc2OC)CC1Cc1ccccc1. The van der Waals surface area contributed by atoms with Crippen LogP contribution in [0.25, 0.3) is 0 Å². The summed E-state index contributed by atoms with van der Waals surface area (Å²) in [6.07, 6.45) is 3.16. The molecule has 3 rings (SSSR count). The number of hydrogen-bond donors (Lipinski definition) is 0. The molecule has 1 aliphatic heterocycles. The van der Waals surface area contributed by atoms with Gasteiger partial charge in [-0.3, -0.25) is 0 Å². The van der Waals surface area contributed by atoms with E-state index in [1.165, 1.54) is 17.7 Å². The summed E-state index contributed by atoms with van der Waals surface area (Å²) in [7, 11) is 3.40. The third kappa shape index (κ3) is 3.46. The average Bonchev–Trinajstić information content (AvgIpc) is 3.27. The number of quaternary nitrogens is 1. The van der Waals surface area contributed by atoms with Crippen LogP contribution in [0.2, 0.25) is 0 Å². The van der Waals surface area contributed by atoms with Gasteiger partial charge in [-0.05, 0) is 23.8 Å². The van der Waals surface area contributed by atoms with E-state index in [4.69, 9.17) is 9.47 Å². The molecular formula is C21H26NO2+. The highest BCUT2D eigenvalue weighted by molar-refractivity contribution is 5.40. The van der Waals surface area contributed by atoms with Crippen molar-refractivity contribution in [2.24, 2.45) is 0 Å². The van der Waals surface area contributed by atoms with Crippen molar-refractivity contribution in [1.82, 2.24) is 0 Å². The predicted molar refractivity (Wildman–Crippen MR) is 97.4 cm³/mol. The van der Waals surface area contributed by atoms with Gasteiger partial charge in [0.05, 0.1) is 20.8 Å². The summed E-state index contributed by atoms with van der Waals surface area (Å²) in [5.74, 6) is 1.73. The van der Waals surface area contributed by atoms with Crippen LogP contribution in [0.5, 0.6) is 11.5 Å². The summed E-state index contributed by atoms with van der Waals surface area (Å²) in [6, 6.07) is 17.5. The van der Waals surface area contributed by atoms with E-state index in [-0.39, 0.29) is 0 Å². The molecule has 0 spiro atoms. The molecule has 0 saturated carbocycles. The molecule has 2 aromatic rings. The maximum Gasteiger partial charge on any atom is 0.143 e. The van der Waals surface area contributed by atoms with Gasteiger partial charge in [0.15, 0.2) is 0 Å². The Bertz CT molecular complexity index is 698. The third-order valence-corrected chi connectivity index (χ3v) is 5.00. The Balaban J connectivity index is 1.77. The van der Waals surface area contributed by atoms with Gasteiger partial charge < -0.3 is 14.0 Å². The Morgan fingerprint density at radius 1 is 1.12 bits per heavy atom. The van der Waals surface area contributed by atoms with Crippen LogP contribution in [-0.4, -0.2) is 37.8 Å². The number of benzene rings is 2. The molecule has 1 aliphatic rings. The number of ether oxygens (including phenoxy) is 2. The smallest absolute Gasteiger partial charge is 0.143 e. The van der Waals surface area contributed by atoms with Crippen LogP contribution in [-0.2, 0) is 13.0 Å². The summed E-state index contributed by atoms with van der Waals surface area (Å²) in [6.45, 7) is 7.12. The van der Waals surface area contributed by atoms with E-state index in [0.29, 0.717) is 6.04 Å². The predicted octanol–water partition coefficient (Wildman–Crippen LogP) is 3.83. The zero-order valence-electron chi connectivity index (χ0n) is 14.6. The van der Waals surface area contributed by atoms with Crippen LogP contribution in [0.15, 0.2) is 61.2 Å². The molecule has 0 aromatic heterocycles. The van der Waals surface area contributed by atoms with Gasteiger partial charge in [-0.15, -0.1) is 0 Å². The molecule has 1 fully saturated rings. The number of hydrogen-bond acceptors (Lipinski definition) is 2. The topological polar surface area (TPSA) is 18.5 Å². The fourth-order valence-corrected chi connectivity index (χ4v) is 3.58. The van der Waals surface area contributed by atoms with Crippen molar-refractivity contribution in [1.29, 1.82) is 0 Å². The van der Waals surface area contributed by atoms with Gasteiger partial charge in [0.25, 0.3) is 0 Å². The normalized spacial score (nSPS) is 22.0. The second-order valence-electron chi connectivity index (χ2n) is 6.55. The van der Waals surface area contributed by atoms with Crippen molar-refractivity contribution in [3.63, 3.8) is 0 Å². The highest BCUT2D eigenvalue weighted by Crippen LogP contribution is 2.39. The number of nitrogens with zero attached hydrogens (tertiary/aromatic N) is 1. The fourth-order valence-electron chi connectivity index (χ4n) is 3.58. The highest BCUT2D eigenvalue weighted by atomic mass is 16.5. The fraction of sp³-hybridized carbons (Fsp3) is 0.333. The van der Waals surface area contributed by atoms with Gasteiger partial charge in [-0.2, -0.15) is 0 Å². The molecule has 0 aliphatic carbocycles. The Labute approximate surface area is 144 Å². The number of methoxy groups -OCH3 is 2. The minimum absolute atomic E-state index is 0.650. The standard InChI is InChI=1S/C21H26NO2/c1-4-12-22(16-19(22)13-17-8-6-5-7-9-17)15-18-10-11-20(23-2)14-21(18)24-3/h4-11,14,19H,1,12-13,15-16H2,2-3H3/q+1. The van der Waals surface area contributed by atoms with Crippen LogP contribution in [0, 0.1) is 0 Å². The van der Waals surface area contributed by atoms with E-state index in [1.54, 1.807) is 14.2 Å². The van der Waals surface area contributed by atoms with Crippen LogP contribution in [0.1, 0.15) is 11.1 Å². The lowest BCUT2D eigenvalue weighted by molar-refractivity contribution is -0.821. The molecule has 1 saturated heterocycles. The van der Waals surface area contributed by atoms with Gasteiger partial charge in [0.1, 0.15) is 30.6 Å². The summed E-state index contributed by atoms with van der Waals surface area (Å²) in [5, 5.41) is 0. The van der Waals surface area contributed by atoms with Crippen LogP contribution in [0.4, 0.5) is 0 Å². The van der Waals surface area contributed by atoms with E-state index in [2.05, 4.69) is 43.0 Å². The number of rotatable bonds is 8.